The third-order valence-electron chi connectivity index (χ3n) is 14.8. The van der Waals surface area contributed by atoms with Crippen LogP contribution < -0.4 is 11.5 Å². The van der Waals surface area contributed by atoms with E-state index in [0.29, 0.717) is 71.7 Å². The quantitative estimate of drug-likeness (QED) is 0.0317. The second-order valence-corrected chi connectivity index (χ2v) is 20.6. The van der Waals surface area contributed by atoms with E-state index in [-0.39, 0.29) is 23.7 Å². The molecule has 7 heterocycles. The van der Waals surface area contributed by atoms with Gasteiger partial charge in [0.2, 0.25) is 5.91 Å². The summed E-state index contributed by atoms with van der Waals surface area (Å²) in [6.07, 6.45) is 35.0. The van der Waals surface area contributed by atoms with Crippen molar-refractivity contribution in [1.29, 1.82) is 10.7 Å². The highest BCUT2D eigenvalue weighted by Gasteiger charge is 2.44. The standard InChI is InChI=1S/C8H9N3.C8H11N3.C8H10N2O.2C7H9N3O.C7H11N3.C7H10N2O.CH4O/c1-11-4-8(10-5-11)7-2-6(7)3-9;1-5(9)6-2-7(6)8-3-10-4-11-8;1-10-3-8(9-5-10)7-2-6(7)4-11;11-10-2-5-1-6(5)7-3-8-4-9-7;8-7(11)5-1-4(5)6-2-9-3-10-6;8-2-5-1-6(5)7-3-9-4-10-7;10-3-5-1-6(5)7-2-8-4-9-7;1-2/h4-7H,2H2,1H3;3-4,6-7,9H,2H2,1H3,(H,10,11);3-7H,2H2,1H3;2-6,11H,1H2,(H,8,9);2-5H,1H2,(H2,8,11)(H,9,10);3-6H,1-2,8H2,(H,9,10);2,4-6,10H,1,3H2,(H,8,9);2H,1H3/b;;;10-2+;;;;. The van der Waals surface area contributed by atoms with Gasteiger partial charge in [0.05, 0.1) is 67.7 Å². The van der Waals surface area contributed by atoms with Gasteiger partial charge in [-0.25, -0.2) is 34.9 Å². The van der Waals surface area contributed by atoms with Crippen LogP contribution in [0.5, 0.6) is 0 Å². The molecule has 7 fully saturated rings. The Hall–Kier alpha value is -7.88. The number of imidazole rings is 7. The molecule has 0 spiro atoms. The van der Waals surface area contributed by atoms with Crippen LogP contribution in [0.4, 0.5) is 0 Å². The largest absolute Gasteiger partial charge is 0.411 e. The summed E-state index contributed by atoms with van der Waals surface area (Å²) in [6.45, 7) is 2.99. The van der Waals surface area contributed by atoms with E-state index in [4.69, 9.17) is 37.6 Å². The van der Waals surface area contributed by atoms with Gasteiger partial charge < -0.3 is 71.1 Å². The Morgan fingerprint density at radius 2 is 1.13 bits per heavy atom. The topological polar surface area (TPSA) is 386 Å². The molecule has 24 heteroatoms. The molecular formula is C53H73N19O5. The fourth-order valence-corrected chi connectivity index (χ4v) is 9.38. The first kappa shape index (κ1) is 56.8. The fourth-order valence-electron chi connectivity index (χ4n) is 9.38. The van der Waals surface area contributed by atoms with Crippen molar-refractivity contribution in [2.75, 3.05) is 20.3 Å². The number of aliphatic hydroxyl groups is 2. The molecule has 0 bridgehead atoms. The Morgan fingerprint density at radius 1 is 0.688 bits per heavy atom. The Bertz CT molecular complexity index is 2780. The number of aldehydes is 1. The molecule has 7 aromatic rings. The van der Waals surface area contributed by atoms with Gasteiger partial charge in [0.25, 0.3) is 0 Å². The smallest absolute Gasteiger partial charge is 0.221 e. The number of aliphatic hydroxyl groups excluding tert-OH is 2. The van der Waals surface area contributed by atoms with E-state index >= 15 is 0 Å². The number of aromatic amines is 5. The third-order valence-corrected chi connectivity index (χ3v) is 14.8. The zero-order valence-electron chi connectivity index (χ0n) is 43.9. The molecule has 14 rings (SSSR count). The number of carbonyl (C=O) groups is 2. The molecule has 77 heavy (non-hydrogen) atoms. The minimum atomic E-state index is -0.204. The molecule has 0 saturated heterocycles. The second-order valence-electron chi connectivity index (χ2n) is 20.6. The summed E-state index contributed by atoms with van der Waals surface area (Å²) in [5.41, 5.74) is 19.3. The Balaban J connectivity index is 0.000000130. The molecule has 24 nitrogen and oxygen atoms in total. The first-order valence-corrected chi connectivity index (χ1v) is 25.9. The summed E-state index contributed by atoms with van der Waals surface area (Å²) in [5, 5.41) is 42.9. The van der Waals surface area contributed by atoms with Crippen LogP contribution in [0.2, 0.25) is 0 Å². The van der Waals surface area contributed by atoms with Crippen molar-refractivity contribution >= 4 is 24.1 Å². The summed E-state index contributed by atoms with van der Waals surface area (Å²) in [7, 11) is 4.88. The van der Waals surface area contributed by atoms with Crippen molar-refractivity contribution in [3.63, 3.8) is 0 Å². The number of nitriles is 1. The van der Waals surface area contributed by atoms with E-state index in [1.807, 2.05) is 67.3 Å². The summed E-state index contributed by atoms with van der Waals surface area (Å²) >= 11 is 0. The molecule has 13 N–H and O–H groups in total. The van der Waals surface area contributed by atoms with Crippen LogP contribution in [-0.4, -0.2) is 129 Å². The van der Waals surface area contributed by atoms with E-state index in [0.717, 1.165) is 87.0 Å². The van der Waals surface area contributed by atoms with Gasteiger partial charge in [0.1, 0.15) is 6.29 Å². The highest BCUT2D eigenvalue weighted by Crippen LogP contribution is 2.49. The molecule has 0 radical (unpaired) electrons. The number of primary amides is 1. The van der Waals surface area contributed by atoms with Crippen molar-refractivity contribution in [3.8, 4) is 6.07 Å². The van der Waals surface area contributed by atoms with Crippen LogP contribution in [0, 0.1) is 58.2 Å². The minimum absolute atomic E-state index is 0.0375. The van der Waals surface area contributed by atoms with Gasteiger partial charge >= 0.3 is 0 Å². The van der Waals surface area contributed by atoms with E-state index < -0.39 is 0 Å². The highest BCUT2D eigenvalue weighted by atomic mass is 16.4. The van der Waals surface area contributed by atoms with Crippen LogP contribution in [-0.2, 0) is 23.7 Å². The van der Waals surface area contributed by atoms with Crippen LogP contribution in [0.15, 0.2) is 92.8 Å². The molecule has 0 aliphatic heterocycles. The van der Waals surface area contributed by atoms with Crippen molar-refractivity contribution in [2.45, 2.75) is 93.3 Å². The van der Waals surface area contributed by atoms with Crippen LogP contribution >= 0.6 is 0 Å². The van der Waals surface area contributed by atoms with Crippen molar-refractivity contribution in [3.05, 3.63) is 128 Å². The van der Waals surface area contributed by atoms with Gasteiger partial charge in [-0.3, -0.25) is 4.79 Å². The number of nitrogens with zero attached hydrogens (tertiary/aromatic N) is 11. The zero-order valence-corrected chi connectivity index (χ0v) is 43.9. The SMILES string of the molecule is CC(=N)C1CC1c1cnc[nH]1.CO.Cn1cnc(C2CC2C#N)c1.Cn1cnc(C2CC2C=O)c1.NC(=O)C1CC1c1cnc[nH]1.NCC1CC1c1cnc[nH]1.O/N=C/C1CC1c1cnc[nH]1.OCC1CC1c1cnc[nH]1. The normalized spacial score (nSPS) is 28.4. The lowest BCUT2D eigenvalue weighted by molar-refractivity contribution is -0.119. The third kappa shape index (κ3) is 16.6. The Labute approximate surface area is 446 Å². The minimum Gasteiger partial charge on any atom is -0.411 e. The first-order valence-electron chi connectivity index (χ1n) is 25.9. The number of oxime groups is 1. The highest BCUT2D eigenvalue weighted by molar-refractivity contribution is 5.85. The van der Waals surface area contributed by atoms with E-state index in [1.54, 1.807) is 56.7 Å². The van der Waals surface area contributed by atoms with Crippen LogP contribution in [0.3, 0.4) is 0 Å². The van der Waals surface area contributed by atoms with E-state index in [9.17, 15) is 9.59 Å². The summed E-state index contributed by atoms with van der Waals surface area (Å²) in [5.74, 6) is 5.78. The number of aromatic nitrogens is 14. The maximum absolute atomic E-state index is 10.7. The van der Waals surface area contributed by atoms with Gasteiger partial charge in [-0.2, -0.15) is 5.26 Å². The van der Waals surface area contributed by atoms with Gasteiger partial charge in [0, 0.05) is 177 Å². The number of carbonyl (C=O) groups excluding carboxylic acids is 2. The molecule has 410 valence electrons. The number of hydrogen-bond acceptors (Lipinski definition) is 16. The van der Waals surface area contributed by atoms with Gasteiger partial charge in [-0.05, 0) is 70.3 Å². The average Bonchev–Trinajstić information content (AvgIpc) is 4.21. The summed E-state index contributed by atoms with van der Waals surface area (Å²) in [6, 6.07) is 2.25. The van der Waals surface area contributed by atoms with Crippen molar-refractivity contribution in [2.24, 2.45) is 72.1 Å². The number of hydrogen-bond donors (Lipinski definition) is 11. The number of H-pyrrole nitrogens is 5. The maximum Gasteiger partial charge on any atom is 0.221 e. The molecule has 7 aromatic heterocycles. The molecule has 14 atom stereocenters. The monoisotopic (exact) mass is 1060 g/mol. The molecule has 7 aliphatic carbocycles. The molecular weight excluding hydrogens is 983 g/mol. The van der Waals surface area contributed by atoms with Crippen molar-refractivity contribution < 1.29 is 25.0 Å². The van der Waals surface area contributed by atoms with E-state index in [1.165, 1.54) is 23.5 Å². The summed E-state index contributed by atoms with van der Waals surface area (Å²) < 4.78 is 3.83. The lowest BCUT2D eigenvalue weighted by atomic mass is 10.2. The molecule has 1 amide bonds. The first-order chi connectivity index (χ1) is 37.4. The lowest BCUT2D eigenvalue weighted by Crippen LogP contribution is -2.13. The molecule has 0 aromatic carbocycles. The van der Waals surface area contributed by atoms with Gasteiger partial charge in [-0.15, -0.1) is 5.16 Å². The van der Waals surface area contributed by atoms with Crippen LogP contribution in [0.25, 0.3) is 0 Å². The number of nitrogens with two attached hydrogens (primary N) is 2. The van der Waals surface area contributed by atoms with Gasteiger partial charge in [-0.1, -0.05) is 0 Å². The number of nitrogens with one attached hydrogen (secondary N) is 6. The predicted octanol–water partition coefficient (Wildman–Crippen LogP) is 4.88. The Morgan fingerprint density at radius 3 is 1.45 bits per heavy atom. The van der Waals surface area contributed by atoms with Crippen LogP contribution in [0.1, 0.15) is 133 Å². The summed E-state index contributed by atoms with van der Waals surface area (Å²) in [4.78, 5) is 64.2. The molecule has 7 saturated carbocycles. The number of rotatable bonds is 13. The predicted molar refractivity (Wildman–Crippen MR) is 284 cm³/mol. The lowest BCUT2D eigenvalue weighted by Gasteiger charge is -1.92. The van der Waals surface area contributed by atoms with E-state index in [2.05, 4.69) is 71.0 Å². The fraction of sp³-hybridized carbons (Fsp3) is 0.509. The molecule has 7 aliphatic rings. The Kier molecular flexibility index (Phi) is 20.1. The maximum atomic E-state index is 10.7. The van der Waals surface area contributed by atoms with Crippen molar-refractivity contribution in [1.82, 2.24) is 68.9 Å². The van der Waals surface area contributed by atoms with Gasteiger partial charge in [0.15, 0.2) is 0 Å². The number of aryl methyl sites for hydroxylation is 2. The second kappa shape index (κ2) is 27.3. The average molecular weight is 1060 g/mol. The number of amides is 1. The molecule has 14 unspecified atom stereocenters. The zero-order chi connectivity index (χ0) is 55.0.